The van der Waals surface area contributed by atoms with Crippen LogP contribution in [0.3, 0.4) is 0 Å². The number of benzene rings is 1. The van der Waals surface area contributed by atoms with Crippen LogP contribution in [0.2, 0.25) is 0 Å². The number of fused-ring (bicyclic) bond motifs is 1. The van der Waals surface area contributed by atoms with E-state index in [1.807, 2.05) is 24.3 Å². The third-order valence-corrected chi connectivity index (χ3v) is 2.76. The minimum Gasteiger partial charge on any atom is -0.390 e. The van der Waals surface area contributed by atoms with Gasteiger partial charge in [0, 0.05) is 11.6 Å². The molecule has 0 saturated carbocycles. The highest BCUT2D eigenvalue weighted by Gasteiger charge is 2.01. The summed E-state index contributed by atoms with van der Waals surface area (Å²) >= 11 is 0. The third-order valence-electron chi connectivity index (χ3n) is 2.76. The van der Waals surface area contributed by atoms with Gasteiger partial charge in [-0.05, 0) is 23.8 Å². The molecule has 0 aliphatic carbocycles. The van der Waals surface area contributed by atoms with Gasteiger partial charge in [0.25, 0.3) is 0 Å². The molecular formula is C13H12N4O. The maximum absolute atomic E-state index is 8.93. The normalized spacial score (nSPS) is 10.9. The van der Waals surface area contributed by atoms with Crippen molar-refractivity contribution in [1.82, 2.24) is 20.0 Å². The lowest BCUT2D eigenvalue weighted by molar-refractivity contribution is 0.276. The zero-order valence-electron chi connectivity index (χ0n) is 9.69. The Hall–Kier alpha value is -2.27. The Morgan fingerprint density at radius 3 is 3.00 bits per heavy atom. The van der Waals surface area contributed by atoms with Crippen molar-refractivity contribution in [2.45, 2.75) is 13.2 Å². The van der Waals surface area contributed by atoms with Crippen molar-refractivity contribution in [3.8, 4) is 0 Å². The summed E-state index contributed by atoms with van der Waals surface area (Å²) in [5, 5.41) is 17.8. The van der Waals surface area contributed by atoms with Crippen LogP contribution >= 0.6 is 0 Å². The third kappa shape index (κ3) is 2.08. The smallest absolute Gasteiger partial charge is 0.108 e. The van der Waals surface area contributed by atoms with E-state index in [1.165, 1.54) is 0 Å². The van der Waals surface area contributed by atoms with E-state index in [9.17, 15) is 0 Å². The van der Waals surface area contributed by atoms with Crippen molar-refractivity contribution in [3.05, 3.63) is 54.0 Å². The van der Waals surface area contributed by atoms with E-state index < -0.39 is 0 Å². The average molecular weight is 240 g/mol. The number of aromatic nitrogens is 4. The molecule has 5 heteroatoms. The molecule has 0 aliphatic rings. The molecule has 0 bridgehead atoms. The van der Waals surface area contributed by atoms with Crippen LogP contribution in [0, 0.1) is 0 Å². The molecule has 0 saturated heterocycles. The molecular weight excluding hydrogens is 228 g/mol. The first-order chi connectivity index (χ1) is 8.85. The van der Waals surface area contributed by atoms with Crippen LogP contribution in [0.4, 0.5) is 0 Å². The van der Waals surface area contributed by atoms with Gasteiger partial charge in [0.15, 0.2) is 0 Å². The molecule has 0 atom stereocenters. The van der Waals surface area contributed by atoms with Gasteiger partial charge < -0.3 is 5.11 Å². The van der Waals surface area contributed by atoms with Gasteiger partial charge in [0.05, 0.1) is 24.9 Å². The summed E-state index contributed by atoms with van der Waals surface area (Å²) < 4.78 is 1.71. The predicted octanol–water partition coefficient (Wildman–Crippen LogP) is 1.37. The predicted molar refractivity (Wildman–Crippen MR) is 66.8 cm³/mol. The topological polar surface area (TPSA) is 63.8 Å². The number of aliphatic hydroxyl groups excluding tert-OH is 1. The van der Waals surface area contributed by atoms with Gasteiger partial charge in [-0.3, -0.25) is 4.98 Å². The van der Waals surface area contributed by atoms with E-state index in [0.29, 0.717) is 12.2 Å². The molecule has 2 aromatic heterocycles. The maximum Gasteiger partial charge on any atom is 0.108 e. The second kappa shape index (κ2) is 4.54. The quantitative estimate of drug-likeness (QED) is 0.751. The lowest BCUT2D eigenvalue weighted by Crippen LogP contribution is -2.00. The van der Waals surface area contributed by atoms with Crippen molar-refractivity contribution >= 4 is 10.9 Å². The standard InChI is InChI=1S/C13H12N4O/c18-9-12-8-17(16-15-12)7-10-3-4-13-11(6-10)2-1-5-14-13/h1-6,8,18H,7,9H2. The molecule has 0 radical (unpaired) electrons. The fourth-order valence-electron chi connectivity index (χ4n) is 1.90. The van der Waals surface area contributed by atoms with Crippen LogP contribution < -0.4 is 0 Å². The molecule has 3 rings (SSSR count). The highest BCUT2D eigenvalue weighted by molar-refractivity contribution is 5.78. The molecule has 90 valence electrons. The number of rotatable bonds is 3. The Morgan fingerprint density at radius 2 is 2.17 bits per heavy atom. The summed E-state index contributed by atoms with van der Waals surface area (Å²) in [6.07, 6.45) is 3.53. The Bertz CT molecular complexity index is 677. The van der Waals surface area contributed by atoms with Crippen molar-refractivity contribution < 1.29 is 5.11 Å². The maximum atomic E-state index is 8.93. The lowest BCUT2D eigenvalue weighted by atomic mass is 10.1. The first-order valence-corrected chi connectivity index (χ1v) is 5.69. The second-order valence-corrected chi connectivity index (χ2v) is 4.10. The van der Waals surface area contributed by atoms with Gasteiger partial charge in [-0.15, -0.1) is 5.10 Å². The summed E-state index contributed by atoms with van der Waals surface area (Å²) in [7, 11) is 0. The lowest BCUT2D eigenvalue weighted by Gasteiger charge is -2.02. The van der Waals surface area contributed by atoms with Crippen molar-refractivity contribution in [2.75, 3.05) is 0 Å². The summed E-state index contributed by atoms with van der Waals surface area (Å²) in [5.74, 6) is 0. The minimum atomic E-state index is -0.0817. The van der Waals surface area contributed by atoms with Gasteiger partial charge in [-0.1, -0.05) is 17.3 Å². The highest BCUT2D eigenvalue weighted by atomic mass is 16.3. The van der Waals surface area contributed by atoms with E-state index in [1.54, 1.807) is 17.1 Å². The van der Waals surface area contributed by atoms with E-state index in [0.717, 1.165) is 16.5 Å². The van der Waals surface area contributed by atoms with Crippen LogP contribution in [-0.4, -0.2) is 25.1 Å². The van der Waals surface area contributed by atoms with Crippen LogP contribution in [0.1, 0.15) is 11.3 Å². The van der Waals surface area contributed by atoms with Gasteiger partial charge in [0.1, 0.15) is 5.69 Å². The first-order valence-electron chi connectivity index (χ1n) is 5.69. The van der Waals surface area contributed by atoms with Crippen molar-refractivity contribution in [2.24, 2.45) is 0 Å². The molecule has 1 aromatic carbocycles. The molecule has 0 aliphatic heterocycles. The van der Waals surface area contributed by atoms with Gasteiger partial charge in [0.2, 0.25) is 0 Å². The van der Waals surface area contributed by atoms with Crippen LogP contribution in [0.5, 0.6) is 0 Å². The van der Waals surface area contributed by atoms with Crippen molar-refractivity contribution in [1.29, 1.82) is 0 Å². The Labute approximate surface area is 104 Å². The van der Waals surface area contributed by atoms with Crippen LogP contribution in [-0.2, 0) is 13.2 Å². The molecule has 3 aromatic rings. The number of pyridine rings is 1. The fourth-order valence-corrected chi connectivity index (χ4v) is 1.90. The summed E-state index contributed by atoms with van der Waals surface area (Å²) in [4.78, 5) is 4.28. The molecule has 0 amide bonds. The van der Waals surface area contributed by atoms with Gasteiger partial charge in [-0.2, -0.15) is 0 Å². The second-order valence-electron chi connectivity index (χ2n) is 4.10. The van der Waals surface area contributed by atoms with E-state index >= 15 is 0 Å². The molecule has 0 unspecified atom stereocenters. The minimum absolute atomic E-state index is 0.0817. The number of aliphatic hydroxyl groups is 1. The Kier molecular flexibility index (Phi) is 2.74. The van der Waals surface area contributed by atoms with Gasteiger partial charge >= 0.3 is 0 Å². The van der Waals surface area contributed by atoms with E-state index in [2.05, 4.69) is 21.4 Å². The largest absolute Gasteiger partial charge is 0.390 e. The molecule has 18 heavy (non-hydrogen) atoms. The molecule has 0 fully saturated rings. The van der Waals surface area contributed by atoms with Crippen LogP contribution in [0.15, 0.2) is 42.7 Å². The molecule has 5 nitrogen and oxygen atoms in total. The molecule has 2 heterocycles. The Morgan fingerprint density at radius 1 is 1.22 bits per heavy atom. The monoisotopic (exact) mass is 240 g/mol. The zero-order chi connectivity index (χ0) is 12.4. The summed E-state index contributed by atoms with van der Waals surface area (Å²) in [5.41, 5.74) is 2.69. The van der Waals surface area contributed by atoms with E-state index in [4.69, 9.17) is 5.11 Å². The summed E-state index contributed by atoms with van der Waals surface area (Å²) in [6, 6.07) is 10.1. The number of hydrogen-bond acceptors (Lipinski definition) is 4. The van der Waals surface area contributed by atoms with E-state index in [-0.39, 0.29) is 6.61 Å². The van der Waals surface area contributed by atoms with Gasteiger partial charge in [-0.25, -0.2) is 4.68 Å². The fraction of sp³-hybridized carbons (Fsp3) is 0.154. The molecule has 0 spiro atoms. The SMILES string of the molecule is OCc1cn(Cc2ccc3ncccc3c2)nn1. The number of nitrogens with zero attached hydrogens (tertiary/aromatic N) is 4. The molecule has 1 N–H and O–H groups in total. The average Bonchev–Trinajstić information content (AvgIpc) is 2.86. The van der Waals surface area contributed by atoms with Crippen LogP contribution in [0.25, 0.3) is 10.9 Å². The first kappa shape index (κ1) is 10.9. The highest BCUT2D eigenvalue weighted by Crippen LogP contribution is 2.14. The van der Waals surface area contributed by atoms with Crippen molar-refractivity contribution in [3.63, 3.8) is 0 Å². The zero-order valence-corrected chi connectivity index (χ0v) is 9.69. The summed E-state index contributed by atoms with van der Waals surface area (Å²) in [6.45, 7) is 0.555. The Balaban J connectivity index is 1.90. The number of hydrogen-bond donors (Lipinski definition) is 1.